The molecule has 3 fully saturated rings. The number of para-hydroxylation sites is 1. The number of carbonyl (C=O) groups is 2. The zero-order chi connectivity index (χ0) is 21.4. The van der Waals surface area contributed by atoms with Gasteiger partial charge in [0, 0.05) is 31.4 Å². The molecule has 0 aromatic heterocycles. The molecule has 1 N–H and O–H groups in total. The Morgan fingerprint density at radius 2 is 1.97 bits per heavy atom. The molecule has 1 saturated carbocycles. The van der Waals surface area contributed by atoms with Gasteiger partial charge in [0.2, 0.25) is 5.91 Å². The summed E-state index contributed by atoms with van der Waals surface area (Å²) in [6.45, 7) is 3.40. The van der Waals surface area contributed by atoms with Crippen LogP contribution in [0, 0.1) is 5.92 Å². The number of hydrogen-bond donors (Lipinski definition) is 1. The van der Waals surface area contributed by atoms with Crippen LogP contribution in [0.4, 0.5) is 10.5 Å². The molecule has 3 heterocycles. The summed E-state index contributed by atoms with van der Waals surface area (Å²) in [5, 5.41) is 3.10. The quantitative estimate of drug-likeness (QED) is 0.748. The Balaban J connectivity index is 1.22. The average Bonchev–Trinajstić information content (AvgIpc) is 3.34. The van der Waals surface area contributed by atoms with E-state index in [0.29, 0.717) is 25.2 Å². The number of hydrogen-bond acceptors (Lipinski definition) is 5. The molecule has 1 aromatic rings. The molecule has 5 rings (SSSR count). The summed E-state index contributed by atoms with van der Waals surface area (Å²) >= 11 is 0. The van der Waals surface area contributed by atoms with Gasteiger partial charge >= 0.3 is 6.09 Å². The van der Waals surface area contributed by atoms with Crippen LogP contribution in [0.3, 0.4) is 0 Å². The first-order valence-electron chi connectivity index (χ1n) is 11.7. The molecule has 4 aliphatic rings. The average molecular weight is 428 g/mol. The van der Waals surface area contributed by atoms with E-state index in [1.54, 1.807) is 7.11 Å². The van der Waals surface area contributed by atoms with Gasteiger partial charge in [-0.1, -0.05) is 18.2 Å². The molecule has 1 aromatic carbocycles. The Kier molecular flexibility index (Phi) is 5.65. The van der Waals surface area contributed by atoms with Gasteiger partial charge in [-0.2, -0.15) is 0 Å². The first-order valence-corrected chi connectivity index (χ1v) is 11.7. The molecule has 168 valence electrons. The van der Waals surface area contributed by atoms with Gasteiger partial charge in [0.1, 0.15) is 6.61 Å². The maximum absolute atomic E-state index is 12.9. The summed E-state index contributed by atoms with van der Waals surface area (Å²) in [5.41, 5.74) is 1.79. The van der Waals surface area contributed by atoms with Crippen molar-refractivity contribution in [3.8, 4) is 0 Å². The molecule has 1 aliphatic carbocycles. The summed E-state index contributed by atoms with van der Waals surface area (Å²) in [6.07, 6.45) is 5.94. The van der Waals surface area contributed by atoms with Crippen molar-refractivity contribution in [2.75, 3.05) is 45.3 Å². The summed E-state index contributed by atoms with van der Waals surface area (Å²) in [5.74, 6) is 0.721. The third-order valence-corrected chi connectivity index (χ3v) is 8.05. The molecular formula is C24H33N3O4. The summed E-state index contributed by atoms with van der Waals surface area (Å²) in [6, 6.07) is 8.91. The second kappa shape index (κ2) is 8.43. The Labute approximate surface area is 184 Å². The fourth-order valence-electron chi connectivity index (χ4n) is 6.42. The molecule has 3 atom stereocenters. The van der Waals surface area contributed by atoms with Crippen LogP contribution in [0.5, 0.6) is 0 Å². The molecule has 2 amide bonds. The molecule has 2 saturated heterocycles. The molecule has 3 unspecified atom stereocenters. The van der Waals surface area contributed by atoms with Crippen molar-refractivity contribution in [2.24, 2.45) is 5.92 Å². The Hall–Kier alpha value is -2.12. The number of benzene rings is 1. The molecule has 1 spiro atoms. The predicted octanol–water partition coefficient (Wildman–Crippen LogP) is 3.00. The molecule has 31 heavy (non-hydrogen) atoms. The van der Waals surface area contributed by atoms with Crippen LogP contribution in [0.25, 0.3) is 0 Å². The maximum atomic E-state index is 12.9. The van der Waals surface area contributed by atoms with Crippen molar-refractivity contribution in [2.45, 2.75) is 56.0 Å². The highest BCUT2D eigenvalue weighted by atomic mass is 16.6. The summed E-state index contributed by atoms with van der Waals surface area (Å²) in [7, 11) is 1.61. The lowest BCUT2D eigenvalue weighted by molar-refractivity contribution is -0.122. The molecule has 0 bridgehead atoms. The largest absolute Gasteiger partial charge is 0.447 e. The van der Waals surface area contributed by atoms with E-state index in [-0.39, 0.29) is 23.5 Å². The van der Waals surface area contributed by atoms with Gasteiger partial charge in [-0.25, -0.2) is 4.79 Å². The van der Waals surface area contributed by atoms with Crippen molar-refractivity contribution >= 4 is 17.7 Å². The number of carbonyl (C=O) groups excluding carboxylic acids is 2. The zero-order valence-electron chi connectivity index (χ0n) is 18.3. The van der Waals surface area contributed by atoms with E-state index in [0.717, 1.165) is 57.4 Å². The Bertz CT molecular complexity index is 836. The fraction of sp³-hybridized carbons (Fsp3) is 0.667. The van der Waals surface area contributed by atoms with E-state index in [1.165, 1.54) is 12.0 Å². The van der Waals surface area contributed by atoms with Crippen molar-refractivity contribution in [3.05, 3.63) is 29.8 Å². The van der Waals surface area contributed by atoms with Crippen LogP contribution in [0.1, 0.15) is 44.1 Å². The normalized spacial score (nSPS) is 29.5. The van der Waals surface area contributed by atoms with Gasteiger partial charge in [0.15, 0.2) is 0 Å². The van der Waals surface area contributed by atoms with Crippen LogP contribution in [-0.4, -0.2) is 73.8 Å². The first-order chi connectivity index (χ1) is 15.1. The molecule has 7 nitrogen and oxygen atoms in total. The Morgan fingerprint density at radius 3 is 2.77 bits per heavy atom. The molecule has 0 radical (unpaired) electrons. The number of anilines is 1. The number of piperidine rings is 2. The third-order valence-electron chi connectivity index (χ3n) is 8.05. The van der Waals surface area contributed by atoms with Gasteiger partial charge in [0.05, 0.1) is 12.0 Å². The van der Waals surface area contributed by atoms with E-state index < -0.39 is 0 Å². The summed E-state index contributed by atoms with van der Waals surface area (Å²) < 4.78 is 10.4. The van der Waals surface area contributed by atoms with E-state index in [9.17, 15) is 9.59 Å². The second-order valence-corrected chi connectivity index (χ2v) is 9.51. The zero-order valence-corrected chi connectivity index (χ0v) is 18.3. The van der Waals surface area contributed by atoms with Crippen molar-refractivity contribution in [3.63, 3.8) is 0 Å². The monoisotopic (exact) mass is 427 g/mol. The summed E-state index contributed by atoms with van der Waals surface area (Å²) in [4.78, 5) is 30.0. The lowest BCUT2D eigenvalue weighted by Crippen LogP contribution is -2.50. The lowest BCUT2D eigenvalue weighted by atomic mass is 9.73. The Morgan fingerprint density at radius 1 is 1.16 bits per heavy atom. The van der Waals surface area contributed by atoms with Gasteiger partial charge in [0.25, 0.3) is 0 Å². The standard InChI is InChI=1S/C24H33N3O4/c1-30-13-14-31-23(29)27-10-4-5-17-15-18(16-21(17)27)26-11-8-24(9-12-26)19-6-2-3-7-20(19)25-22(24)28/h2-3,6-7,17-18,21H,4-5,8-16H2,1H3,(H,25,28). The van der Waals surface area contributed by atoms with Crippen molar-refractivity contribution in [1.82, 2.24) is 9.80 Å². The van der Waals surface area contributed by atoms with Crippen LogP contribution in [0.2, 0.25) is 0 Å². The van der Waals surface area contributed by atoms with Crippen LogP contribution in [-0.2, 0) is 19.7 Å². The predicted molar refractivity (Wildman–Crippen MR) is 117 cm³/mol. The smallest absolute Gasteiger partial charge is 0.410 e. The lowest BCUT2D eigenvalue weighted by Gasteiger charge is -2.41. The molecule has 3 aliphatic heterocycles. The minimum Gasteiger partial charge on any atom is -0.447 e. The number of nitrogens with zero attached hydrogens (tertiary/aromatic N) is 2. The van der Waals surface area contributed by atoms with E-state index >= 15 is 0 Å². The van der Waals surface area contributed by atoms with Gasteiger partial charge in [-0.15, -0.1) is 0 Å². The van der Waals surface area contributed by atoms with Gasteiger partial charge < -0.3 is 24.6 Å². The highest BCUT2D eigenvalue weighted by Crippen LogP contribution is 2.47. The number of nitrogens with one attached hydrogen (secondary N) is 1. The first kappa shape index (κ1) is 20.8. The van der Waals surface area contributed by atoms with E-state index in [2.05, 4.69) is 16.3 Å². The minimum absolute atomic E-state index is 0.165. The van der Waals surface area contributed by atoms with E-state index in [1.807, 2.05) is 23.1 Å². The topological polar surface area (TPSA) is 71.1 Å². The number of fused-ring (bicyclic) bond motifs is 3. The number of likely N-dealkylation sites (tertiary alicyclic amines) is 2. The molecule has 7 heteroatoms. The number of rotatable bonds is 4. The van der Waals surface area contributed by atoms with E-state index in [4.69, 9.17) is 9.47 Å². The van der Waals surface area contributed by atoms with Gasteiger partial charge in [-0.3, -0.25) is 4.79 Å². The fourth-order valence-corrected chi connectivity index (χ4v) is 6.42. The molecular weight excluding hydrogens is 394 g/mol. The maximum Gasteiger partial charge on any atom is 0.410 e. The van der Waals surface area contributed by atoms with Crippen molar-refractivity contribution < 1.29 is 19.1 Å². The SMILES string of the molecule is COCCOC(=O)N1CCCC2CC(N3CCC4(CC3)C(=O)Nc3ccccc34)CC21. The van der Waals surface area contributed by atoms with Crippen LogP contribution < -0.4 is 5.32 Å². The van der Waals surface area contributed by atoms with Gasteiger partial charge in [-0.05, 0) is 69.2 Å². The second-order valence-electron chi connectivity index (χ2n) is 9.51. The highest BCUT2D eigenvalue weighted by Gasteiger charge is 2.50. The van der Waals surface area contributed by atoms with Crippen LogP contribution in [0.15, 0.2) is 24.3 Å². The number of ether oxygens (including phenoxy) is 2. The number of amides is 2. The third kappa shape index (κ3) is 3.61. The van der Waals surface area contributed by atoms with Crippen molar-refractivity contribution in [1.29, 1.82) is 0 Å². The number of methoxy groups -OCH3 is 1. The minimum atomic E-state index is -0.365. The van der Waals surface area contributed by atoms with Crippen LogP contribution >= 0.6 is 0 Å². The highest BCUT2D eigenvalue weighted by molar-refractivity contribution is 6.06.